The molecule has 2 rings (SSSR count). The molecule has 1 heterocycles. The van der Waals surface area contributed by atoms with Gasteiger partial charge < -0.3 is 22.1 Å². The fraction of sp³-hybridized carbons (Fsp3) is 0.538. The van der Waals surface area contributed by atoms with Gasteiger partial charge >= 0.3 is 0 Å². The molecule has 1 aliphatic carbocycles. The van der Waals surface area contributed by atoms with E-state index in [0.29, 0.717) is 21.8 Å². The normalized spacial score (nSPS) is 20.5. The molecule has 2 amide bonds. The number of thiophene rings is 1. The number of primary amides is 1. The summed E-state index contributed by atoms with van der Waals surface area (Å²) in [5.74, 6) is -0.277. The minimum atomic E-state index is -0.607. The molecule has 2 unspecified atom stereocenters. The zero-order valence-electron chi connectivity index (χ0n) is 11.7. The minimum Gasteiger partial charge on any atom is -0.397 e. The topological polar surface area (TPSA) is 110 Å². The molecule has 0 saturated heterocycles. The first-order chi connectivity index (χ1) is 9.49. The third-order valence-electron chi connectivity index (χ3n) is 3.52. The number of hydrogen-bond acceptors (Lipinski definition) is 5. The predicted molar refractivity (Wildman–Crippen MR) is 81.1 cm³/mol. The van der Waals surface area contributed by atoms with Crippen molar-refractivity contribution in [1.29, 1.82) is 0 Å². The van der Waals surface area contributed by atoms with Gasteiger partial charge in [0.05, 0.1) is 11.3 Å². The van der Waals surface area contributed by atoms with E-state index in [4.69, 9.17) is 11.5 Å². The van der Waals surface area contributed by atoms with Crippen LogP contribution in [0.15, 0.2) is 0 Å². The molecular weight excluding hydrogens is 276 g/mol. The first-order valence-electron chi connectivity index (χ1n) is 6.70. The summed E-state index contributed by atoms with van der Waals surface area (Å²) in [5, 5.41) is 6.42. The summed E-state index contributed by atoms with van der Waals surface area (Å²) in [7, 11) is 1.52. The molecule has 6 nitrogen and oxygen atoms in total. The smallest absolute Gasteiger partial charge is 0.263 e. The van der Waals surface area contributed by atoms with Gasteiger partial charge in [-0.2, -0.15) is 0 Å². The lowest BCUT2D eigenvalue weighted by Gasteiger charge is -2.05. The monoisotopic (exact) mass is 296 g/mol. The highest BCUT2D eigenvalue weighted by molar-refractivity contribution is 7.19. The number of anilines is 2. The van der Waals surface area contributed by atoms with Crippen LogP contribution in [-0.2, 0) is 0 Å². The van der Waals surface area contributed by atoms with Gasteiger partial charge in [0.2, 0.25) is 0 Å². The van der Waals surface area contributed by atoms with Crippen molar-refractivity contribution in [2.24, 2.45) is 11.7 Å². The molecule has 1 aromatic heterocycles. The Balaban J connectivity index is 2.23. The van der Waals surface area contributed by atoms with Crippen molar-refractivity contribution >= 4 is 33.8 Å². The van der Waals surface area contributed by atoms with Crippen LogP contribution in [0.5, 0.6) is 0 Å². The molecule has 0 radical (unpaired) electrons. The van der Waals surface area contributed by atoms with Crippen molar-refractivity contribution in [3.8, 4) is 0 Å². The Hall–Kier alpha value is -1.76. The van der Waals surface area contributed by atoms with Crippen LogP contribution in [0.4, 0.5) is 10.7 Å². The second-order valence-corrected chi connectivity index (χ2v) is 6.05. The van der Waals surface area contributed by atoms with Gasteiger partial charge in [-0.05, 0) is 18.8 Å². The fourth-order valence-corrected chi connectivity index (χ4v) is 3.49. The largest absolute Gasteiger partial charge is 0.397 e. The summed E-state index contributed by atoms with van der Waals surface area (Å²) >= 11 is 1.19. The maximum atomic E-state index is 11.7. The Bertz CT molecular complexity index is 541. The molecule has 0 bridgehead atoms. The molecule has 0 aliphatic heterocycles. The molecule has 7 heteroatoms. The molecule has 6 N–H and O–H groups in total. The average molecular weight is 296 g/mol. The molecule has 1 aromatic rings. The number of nitrogens with two attached hydrogens (primary N) is 2. The molecule has 1 fully saturated rings. The van der Waals surface area contributed by atoms with E-state index in [1.807, 2.05) is 0 Å². The van der Waals surface area contributed by atoms with Crippen molar-refractivity contribution in [3.63, 3.8) is 0 Å². The number of amides is 2. The number of nitrogen functional groups attached to an aromatic ring is 1. The Morgan fingerprint density at radius 1 is 1.45 bits per heavy atom. The number of nitrogens with one attached hydrogen (secondary N) is 2. The van der Waals surface area contributed by atoms with Crippen LogP contribution in [0, 0.1) is 5.92 Å². The highest BCUT2D eigenvalue weighted by atomic mass is 32.1. The summed E-state index contributed by atoms with van der Waals surface area (Å²) in [5.41, 5.74) is 11.7. The maximum absolute atomic E-state index is 11.7. The zero-order valence-corrected chi connectivity index (χ0v) is 12.5. The molecule has 110 valence electrons. The molecule has 1 saturated carbocycles. The van der Waals surface area contributed by atoms with E-state index in [9.17, 15) is 9.59 Å². The van der Waals surface area contributed by atoms with Gasteiger partial charge in [0.1, 0.15) is 9.88 Å². The van der Waals surface area contributed by atoms with Crippen LogP contribution in [0.1, 0.15) is 46.2 Å². The predicted octanol–water partition coefficient (Wildman–Crippen LogP) is 1.39. The van der Waals surface area contributed by atoms with E-state index in [2.05, 4.69) is 17.6 Å². The quantitative estimate of drug-likeness (QED) is 0.635. The van der Waals surface area contributed by atoms with Gasteiger partial charge in [0.25, 0.3) is 11.8 Å². The lowest BCUT2D eigenvalue weighted by molar-refractivity contribution is 0.0967. The Kier molecular flexibility index (Phi) is 4.17. The second-order valence-electron chi connectivity index (χ2n) is 5.03. The third-order valence-corrected chi connectivity index (χ3v) is 4.66. The molecule has 0 aromatic carbocycles. The van der Waals surface area contributed by atoms with Crippen LogP contribution in [0.25, 0.3) is 0 Å². The van der Waals surface area contributed by atoms with E-state index in [1.54, 1.807) is 0 Å². The lowest BCUT2D eigenvalue weighted by atomic mass is 10.2. The summed E-state index contributed by atoms with van der Waals surface area (Å²) in [6.07, 6.45) is 3.38. The van der Waals surface area contributed by atoms with Crippen molar-refractivity contribution < 1.29 is 9.59 Å². The van der Waals surface area contributed by atoms with Crippen molar-refractivity contribution in [3.05, 3.63) is 10.4 Å². The van der Waals surface area contributed by atoms with Crippen LogP contribution in [-0.4, -0.2) is 24.9 Å². The Morgan fingerprint density at radius 2 is 2.15 bits per heavy atom. The van der Waals surface area contributed by atoms with Crippen LogP contribution in [0.2, 0.25) is 0 Å². The van der Waals surface area contributed by atoms with Gasteiger partial charge in [-0.3, -0.25) is 9.59 Å². The van der Waals surface area contributed by atoms with Gasteiger partial charge in [-0.1, -0.05) is 13.3 Å². The lowest BCUT2D eigenvalue weighted by Crippen LogP contribution is -2.19. The third kappa shape index (κ3) is 2.72. The number of carbonyl (C=O) groups is 2. The number of carbonyl (C=O) groups excluding carboxylic acids is 2. The SMILES string of the molecule is CCCC1CC1Nc1sc(C(=O)NC)c(N)c1C(N)=O. The van der Waals surface area contributed by atoms with E-state index < -0.39 is 5.91 Å². The average Bonchev–Trinajstić information content (AvgIpc) is 3.03. The summed E-state index contributed by atoms with van der Waals surface area (Å²) in [4.78, 5) is 23.6. The standard InChI is InChI=1S/C13H20N4O2S/c1-3-4-6-5-7(6)17-13-8(11(15)18)9(14)10(20-13)12(19)16-2/h6-7,17H,3-5,14H2,1-2H3,(H2,15,18)(H,16,19). The van der Waals surface area contributed by atoms with Crippen LogP contribution < -0.4 is 22.1 Å². The van der Waals surface area contributed by atoms with Crippen LogP contribution >= 0.6 is 11.3 Å². The van der Waals surface area contributed by atoms with E-state index in [-0.39, 0.29) is 17.2 Å². The van der Waals surface area contributed by atoms with Gasteiger partial charge in [-0.25, -0.2) is 0 Å². The van der Waals surface area contributed by atoms with Crippen molar-refractivity contribution in [1.82, 2.24) is 5.32 Å². The van der Waals surface area contributed by atoms with Crippen LogP contribution in [0.3, 0.4) is 0 Å². The van der Waals surface area contributed by atoms with Gasteiger partial charge in [0, 0.05) is 13.1 Å². The highest BCUT2D eigenvalue weighted by Gasteiger charge is 2.37. The van der Waals surface area contributed by atoms with E-state index in [1.165, 1.54) is 18.4 Å². The van der Waals surface area contributed by atoms with Crippen molar-refractivity contribution in [2.75, 3.05) is 18.1 Å². The summed E-state index contributed by atoms with van der Waals surface area (Å²) < 4.78 is 0. The zero-order chi connectivity index (χ0) is 14.9. The molecular formula is C13H20N4O2S. The van der Waals surface area contributed by atoms with E-state index in [0.717, 1.165) is 19.3 Å². The second kappa shape index (κ2) is 5.70. The van der Waals surface area contributed by atoms with Gasteiger partial charge in [-0.15, -0.1) is 11.3 Å². The first kappa shape index (κ1) is 14.6. The fourth-order valence-electron chi connectivity index (χ4n) is 2.35. The Morgan fingerprint density at radius 3 is 2.70 bits per heavy atom. The summed E-state index contributed by atoms with van der Waals surface area (Å²) in [6, 6.07) is 0.351. The molecule has 2 atom stereocenters. The van der Waals surface area contributed by atoms with Crippen molar-refractivity contribution in [2.45, 2.75) is 32.2 Å². The number of hydrogen-bond donors (Lipinski definition) is 4. The van der Waals surface area contributed by atoms with Gasteiger partial charge in [0.15, 0.2) is 0 Å². The minimum absolute atomic E-state index is 0.164. The molecule has 0 spiro atoms. The summed E-state index contributed by atoms with van der Waals surface area (Å²) in [6.45, 7) is 2.15. The maximum Gasteiger partial charge on any atom is 0.263 e. The highest BCUT2D eigenvalue weighted by Crippen LogP contribution is 2.42. The molecule has 20 heavy (non-hydrogen) atoms. The van der Waals surface area contributed by atoms with E-state index >= 15 is 0 Å². The Labute approximate surface area is 121 Å². The molecule has 1 aliphatic rings. The first-order valence-corrected chi connectivity index (χ1v) is 7.51. The number of rotatable bonds is 6.